The summed E-state index contributed by atoms with van der Waals surface area (Å²) in [6, 6.07) is 2.72. The minimum Gasteiger partial charge on any atom is -0.352 e. The van der Waals surface area contributed by atoms with Gasteiger partial charge in [0.05, 0.1) is 5.56 Å². The fourth-order valence-corrected chi connectivity index (χ4v) is 2.73. The van der Waals surface area contributed by atoms with E-state index in [2.05, 4.69) is 20.8 Å². The Bertz CT molecular complexity index is 789. The molecule has 0 atom stereocenters. The number of aryl methyl sites for hydroxylation is 1. The molecule has 10 heteroatoms. The van der Waals surface area contributed by atoms with Crippen LogP contribution in [-0.2, 0) is 17.4 Å². The minimum absolute atomic E-state index is 0.0905. The van der Waals surface area contributed by atoms with Crippen LogP contribution >= 0.6 is 11.3 Å². The number of nitrogens with one attached hydrogen (secondary N) is 2. The molecule has 0 saturated carbocycles. The standard InChI is InChI=1S/C15H15F3N4O2S/c1-8(23)20-12-6-10(5-11(7-12)15(16,17)18)14(24)19-4-3-13-22-21-9(2)25-13/h5-7H,3-4H2,1-2H3,(H,19,24)(H,20,23). The monoisotopic (exact) mass is 372 g/mol. The molecule has 0 fully saturated rings. The zero-order chi connectivity index (χ0) is 18.6. The zero-order valence-electron chi connectivity index (χ0n) is 13.4. The summed E-state index contributed by atoms with van der Waals surface area (Å²) in [6.07, 6.45) is -4.21. The van der Waals surface area contributed by atoms with Crippen molar-refractivity contribution in [2.24, 2.45) is 0 Å². The molecular formula is C15H15F3N4O2S. The Morgan fingerprint density at radius 3 is 2.48 bits per heavy atom. The van der Waals surface area contributed by atoms with Gasteiger partial charge in [0.25, 0.3) is 5.91 Å². The van der Waals surface area contributed by atoms with Crippen molar-refractivity contribution in [2.75, 3.05) is 11.9 Å². The molecule has 0 aliphatic rings. The van der Waals surface area contributed by atoms with Crippen LogP contribution < -0.4 is 10.6 Å². The Balaban J connectivity index is 2.12. The molecule has 25 heavy (non-hydrogen) atoms. The van der Waals surface area contributed by atoms with E-state index in [1.165, 1.54) is 24.3 Å². The van der Waals surface area contributed by atoms with Crippen molar-refractivity contribution in [3.63, 3.8) is 0 Å². The molecule has 2 rings (SSSR count). The number of nitrogens with zero attached hydrogens (tertiary/aromatic N) is 2. The molecule has 134 valence electrons. The lowest BCUT2D eigenvalue weighted by Crippen LogP contribution is -2.26. The van der Waals surface area contributed by atoms with E-state index in [0.717, 1.165) is 22.1 Å². The third kappa shape index (κ3) is 5.52. The van der Waals surface area contributed by atoms with Crippen molar-refractivity contribution in [1.29, 1.82) is 0 Å². The van der Waals surface area contributed by atoms with Gasteiger partial charge in [0.1, 0.15) is 10.0 Å². The largest absolute Gasteiger partial charge is 0.416 e. The normalized spacial score (nSPS) is 11.2. The van der Waals surface area contributed by atoms with Crippen LogP contribution in [0, 0.1) is 6.92 Å². The van der Waals surface area contributed by atoms with Gasteiger partial charge < -0.3 is 10.6 Å². The highest BCUT2D eigenvalue weighted by Gasteiger charge is 2.32. The molecule has 0 aliphatic heterocycles. The van der Waals surface area contributed by atoms with Crippen molar-refractivity contribution in [2.45, 2.75) is 26.4 Å². The summed E-state index contributed by atoms with van der Waals surface area (Å²) >= 11 is 1.38. The lowest BCUT2D eigenvalue weighted by molar-refractivity contribution is -0.137. The fraction of sp³-hybridized carbons (Fsp3) is 0.333. The van der Waals surface area contributed by atoms with E-state index in [1.54, 1.807) is 6.92 Å². The van der Waals surface area contributed by atoms with E-state index >= 15 is 0 Å². The first-order valence-corrected chi connectivity index (χ1v) is 8.04. The van der Waals surface area contributed by atoms with Crippen molar-refractivity contribution >= 4 is 28.8 Å². The Labute approximate surface area is 145 Å². The van der Waals surface area contributed by atoms with Gasteiger partial charge in [-0.15, -0.1) is 21.5 Å². The first-order chi connectivity index (χ1) is 11.6. The average molecular weight is 372 g/mol. The Kier molecular flexibility index (Phi) is 5.73. The highest BCUT2D eigenvalue weighted by Crippen LogP contribution is 2.32. The second-order valence-corrected chi connectivity index (χ2v) is 6.46. The molecule has 0 spiro atoms. The summed E-state index contributed by atoms with van der Waals surface area (Å²) in [7, 11) is 0. The van der Waals surface area contributed by atoms with Crippen LogP contribution in [0.3, 0.4) is 0 Å². The number of alkyl halides is 3. The van der Waals surface area contributed by atoms with Gasteiger partial charge in [-0.1, -0.05) is 0 Å². The number of amides is 2. The third-order valence-corrected chi connectivity index (χ3v) is 3.93. The number of hydrogen-bond donors (Lipinski definition) is 2. The van der Waals surface area contributed by atoms with Crippen LogP contribution in [0.25, 0.3) is 0 Å². The lowest BCUT2D eigenvalue weighted by Gasteiger charge is -2.12. The van der Waals surface area contributed by atoms with Crippen molar-refractivity contribution in [3.05, 3.63) is 39.3 Å². The maximum atomic E-state index is 13.0. The van der Waals surface area contributed by atoms with Gasteiger partial charge in [-0.25, -0.2) is 0 Å². The number of carbonyl (C=O) groups excluding carboxylic acids is 2. The Hall–Kier alpha value is -2.49. The van der Waals surface area contributed by atoms with E-state index in [0.29, 0.717) is 6.42 Å². The molecule has 1 aromatic heterocycles. The summed E-state index contributed by atoms with van der Waals surface area (Å²) in [5.74, 6) is -1.20. The highest BCUT2D eigenvalue weighted by molar-refractivity contribution is 7.11. The number of rotatable bonds is 5. The predicted octanol–water partition coefficient (Wildman–Crippen LogP) is 2.80. The molecular weight excluding hydrogens is 357 g/mol. The molecule has 1 heterocycles. The van der Waals surface area contributed by atoms with Gasteiger partial charge in [0.2, 0.25) is 5.91 Å². The van der Waals surface area contributed by atoms with Gasteiger partial charge in [-0.05, 0) is 25.1 Å². The Morgan fingerprint density at radius 2 is 1.92 bits per heavy atom. The molecule has 0 radical (unpaired) electrons. The zero-order valence-corrected chi connectivity index (χ0v) is 14.2. The molecule has 0 aliphatic carbocycles. The predicted molar refractivity (Wildman–Crippen MR) is 86.4 cm³/mol. The molecule has 0 saturated heterocycles. The van der Waals surface area contributed by atoms with Crippen LogP contribution in [0.4, 0.5) is 18.9 Å². The average Bonchev–Trinajstić information content (AvgIpc) is 2.90. The van der Waals surface area contributed by atoms with Crippen LogP contribution in [0.2, 0.25) is 0 Å². The maximum Gasteiger partial charge on any atom is 0.416 e. The van der Waals surface area contributed by atoms with Crippen LogP contribution in [-0.4, -0.2) is 28.6 Å². The Morgan fingerprint density at radius 1 is 1.20 bits per heavy atom. The summed E-state index contributed by atoms with van der Waals surface area (Å²) in [4.78, 5) is 23.2. The molecule has 2 N–H and O–H groups in total. The second-order valence-electron chi connectivity index (χ2n) is 5.20. The second kappa shape index (κ2) is 7.60. The lowest BCUT2D eigenvalue weighted by atomic mass is 10.1. The van der Waals surface area contributed by atoms with Gasteiger partial charge in [0.15, 0.2) is 0 Å². The molecule has 6 nitrogen and oxygen atoms in total. The van der Waals surface area contributed by atoms with Crippen molar-refractivity contribution in [3.8, 4) is 0 Å². The van der Waals surface area contributed by atoms with E-state index in [1.807, 2.05) is 0 Å². The number of aromatic nitrogens is 2. The van der Waals surface area contributed by atoms with E-state index in [-0.39, 0.29) is 17.8 Å². The van der Waals surface area contributed by atoms with Crippen molar-refractivity contribution < 1.29 is 22.8 Å². The van der Waals surface area contributed by atoms with Crippen molar-refractivity contribution in [1.82, 2.24) is 15.5 Å². The number of halogens is 3. The van der Waals surface area contributed by atoms with Gasteiger partial charge in [0, 0.05) is 31.1 Å². The third-order valence-electron chi connectivity index (χ3n) is 3.04. The van der Waals surface area contributed by atoms with Crippen LogP contribution in [0.1, 0.15) is 32.9 Å². The number of anilines is 1. The quantitative estimate of drug-likeness (QED) is 0.845. The first-order valence-electron chi connectivity index (χ1n) is 7.22. The van der Waals surface area contributed by atoms with E-state index in [9.17, 15) is 22.8 Å². The summed E-state index contributed by atoms with van der Waals surface area (Å²) in [5, 5.41) is 14.1. The molecule has 2 aromatic rings. The minimum atomic E-state index is -4.63. The molecule has 2 amide bonds. The van der Waals surface area contributed by atoms with Crippen LogP contribution in [0.5, 0.6) is 0 Å². The topological polar surface area (TPSA) is 84.0 Å². The smallest absolute Gasteiger partial charge is 0.352 e. The molecule has 0 unspecified atom stereocenters. The van der Waals surface area contributed by atoms with Gasteiger partial charge in [-0.3, -0.25) is 9.59 Å². The van der Waals surface area contributed by atoms with E-state index in [4.69, 9.17) is 0 Å². The highest BCUT2D eigenvalue weighted by atomic mass is 32.1. The fourth-order valence-electron chi connectivity index (χ4n) is 2.02. The van der Waals surface area contributed by atoms with Gasteiger partial charge in [-0.2, -0.15) is 13.2 Å². The summed E-state index contributed by atoms with van der Waals surface area (Å²) in [5.41, 5.74) is -1.29. The molecule has 0 bridgehead atoms. The van der Waals surface area contributed by atoms with E-state index < -0.39 is 23.6 Å². The first kappa shape index (κ1) is 18.8. The molecule has 1 aromatic carbocycles. The SMILES string of the molecule is CC(=O)Nc1cc(C(=O)NCCc2nnc(C)s2)cc(C(F)(F)F)c1. The summed E-state index contributed by atoms with van der Waals surface area (Å²) in [6.45, 7) is 3.18. The summed E-state index contributed by atoms with van der Waals surface area (Å²) < 4.78 is 38.9. The van der Waals surface area contributed by atoms with Gasteiger partial charge >= 0.3 is 6.18 Å². The van der Waals surface area contributed by atoms with Crippen LogP contribution in [0.15, 0.2) is 18.2 Å². The number of hydrogen-bond acceptors (Lipinski definition) is 5. The number of carbonyl (C=O) groups is 2. The number of benzene rings is 1. The maximum absolute atomic E-state index is 13.0.